The van der Waals surface area contributed by atoms with Gasteiger partial charge in [-0.3, -0.25) is 0 Å². The van der Waals surface area contributed by atoms with E-state index < -0.39 is 0 Å². The Morgan fingerprint density at radius 1 is 1.36 bits per heavy atom. The maximum absolute atomic E-state index is 6.21. The van der Waals surface area contributed by atoms with E-state index in [0.29, 0.717) is 5.92 Å². The summed E-state index contributed by atoms with van der Waals surface area (Å²) in [5.74, 6) is 2.62. The number of nitrogens with two attached hydrogens (primary N) is 1. The normalized spacial score (nSPS) is 34.9. The summed E-state index contributed by atoms with van der Waals surface area (Å²) in [4.78, 5) is 0. The van der Waals surface area contributed by atoms with Gasteiger partial charge in [-0.25, -0.2) is 0 Å². The molecule has 1 unspecified atom stereocenters. The monoisotopic (exact) mass is 195 g/mol. The second-order valence-corrected chi connectivity index (χ2v) is 4.79. The molecule has 0 amide bonds. The molecule has 1 aliphatic heterocycles. The fourth-order valence-electron chi connectivity index (χ4n) is 2.55. The second kappa shape index (κ2) is 4.35. The van der Waals surface area contributed by atoms with Gasteiger partial charge in [0.2, 0.25) is 0 Å². The summed E-state index contributed by atoms with van der Waals surface area (Å²) >= 11 is 0. The van der Waals surface area contributed by atoms with Crippen LogP contribution in [0.2, 0.25) is 0 Å². The molecular weight excluding hydrogens is 174 g/mol. The van der Waals surface area contributed by atoms with Gasteiger partial charge in [0.05, 0.1) is 12.6 Å². The number of hydrogen-bond acceptors (Lipinski definition) is 2. The lowest BCUT2D eigenvalue weighted by Crippen LogP contribution is -2.34. The Hall–Kier alpha value is -0.500. The molecule has 2 aliphatic rings. The molecule has 1 saturated carbocycles. The first-order valence-electron chi connectivity index (χ1n) is 5.86. The van der Waals surface area contributed by atoms with Crippen molar-refractivity contribution < 1.29 is 4.74 Å². The van der Waals surface area contributed by atoms with Gasteiger partial charge < -0.3 is 10.5 Å². The minimum absolute atomic E-state index is 0.171. The molecule has 0 radical (unpaired) electrons. The third-order valence-electron chi connectivity index (χ3n) is 3.63. The van der Waals surface area contributed by atoms with E-state index in [1.54, 1.807) is 0 Å². The molecule has 0 aromatic carbocycles. The van der Waals surface area contributed by atoms with E-state index in [2.05, 4.69) is 13.0 Å². The maximum atomic E-state index is 6.21. The van der Waals surface area contributed by atoms with Gasteiger partial charge in [0.15, 0.2) is 0 Å². The highest BCUT2D eigenvalue weighted by Crippen LogP contribution is 2.32. The first kappa shape index (κ1) is 10.0. The Morgan fingerprint density at radius 2 is 2.07 bits per heavy atom. The molecule has 2 rings (SSSR count). The van der Waals surface area contributed by atoms with E-state index in [1.807, 2.05) is 0 Å². The molecule has 0 saturated heterocycles. The zero-order chi connectivity index (χ0) is 9.97. The first-order valence-corrected chi connectivity index (χ1v) is 5.86. The van der Waals surface area contributed by atoms with Gasteiger partial charge in [0, 0.05) is 6.42 Å². The molecule has 2 heteroatoms. The van der Waals surface area contributed by atoms with Crippen molar-refractivity contribution in [3.8, 4) is 0 Å². The van der Waals surface area contributed by atoms with Gasteiger partial charge in [-0.05, 0) is 30.8 Å². The zero-order valence-corrected chi connectivity index (χ0v) is 9.04. The molecule has 0 aromatic rings. The van der Waals surface area contributed by atoms with Crippen molar-refractivity contribution in [1.29, 1.82) is 0 Å². The van der Waals surface area contributed by atoms with Crippen molar-refractivity contribution in [3.05, 3.63) is 11.8 Å². The van der Waals surface area contributed by atoms with Gasteiger partial charge >= 0.3 is 0 Å². The van der Waals surface area contributed by atoms with Crippen LogP contribution >= 0.6 is 0 Å². The molecule has 1 atom stereocenters. The van der Waals surface area contributed by atoms with Gasteiger partial charge in [-0.2, -0.15) is 0 Å². The molecule has 2 N–H and O–H groups in total. The second-order valence-electron chi connectivity index (χ2n) is 4.79. The van der Waals surface area contributed by atoms with Crippen LogP contribution in [0.5, 0.6) is 0 Å². The van der Waals surface area contributed by atoms with E-state index in [1.165, 1.54) is 25.7 Å². The number of rotatable bonds is 2. The first-order chi connectivity index (χ1) is 6.77. The Morgan fingerprint density at radius 3 is 2.64 bits per heavy atom. The fraction of sp³-hybridized carbons (Fsp3) is 0.833. The lowest BCUT2D eigenvalue weighted by atomic mass is 9.79. The lowest BCUT2D eigenvalue weighted by molar-refractivity contribution is 0.182. The molecule has 0 spiro atoms. The topological polar surface area (TPSA) is 35.2 Å². The average molecular weight is 195 g/mol. The zero-order valence-electron chi connectivity index (χ0n) is 9.04. The quantitative estimate of drug-likeness (QED) is 0.734. The van der Waals surface area contributed by atoms with Crippen molar-refractivity contribution in [3.63, 3.8) is 0 Å². The van der Waals surface area contributed by atoms with Gasteiger partial charge in [0.25, 0.3) is 0 Å². The van der Waals surface area contributed by atoms with E-state index in [9.17, 15) is 0 Å². The number of ether oxygens (including phenoxy) is 1. The average Bonchev–Trinajstić information content (AvgIpc) is 2.71. The van der Waals surface area contributed by atoms with Crippen molar-refractivity contribution in [2.75, 3.05) is 6.61 Å². The summed E-state index contributed by atoms with van der Waals surface area (Å²) in [5.41, 5.74) is 6.21. The summed E-state index contributed by atoms with van der Waals surface area (Å²) < 4.78 is 5.53. The standard InChI is InChI=1S/C12H21NO/c1-9-4-6-10(7-5-9)12(13)11-3-2-8-14-11/h3,9-10,12H,2,4-8,13H2,1H3. The predicted molar refractivity (Wildman–Crippen MR) is 57.7 cm³/mol. The van der Waals surface area contributed by atoms with E-state index in [0.717, 1.165) is 24.7 Å². The molecule has 2 nitrogen and oxygen atoms in total. The molecule has 0 bridgehead atoms. The van der Waals surface area contributed by atoms with Crippen molar-refractivity contribution in [1.82, 2.24) is 0 Å². The Kier molecular flexibility index (Phi) is 3.12. The van der Waals surface area contributed by atoms with Crippen LogP contribution in [0.15, 0.2) is 11.8 Å². The van der Waals surface area contributed by atoms with Crippen LogP contribution in [0.1, 0.15) is 39.0 Å². The summed E-state index contributed by atoms with van der Waals surface area (Å²) in [6.45, 7) is 3.18. The van der Waals surface area contributed by atoms with E-state index in [-0.39, 0.29) is 6.04 Å². The molecular formula is C12H21NO. The van der Waals surface area contributed by atoms with Crippen molar-refractivity contribution in [2.24, 2.45) is 17.6 Å². The third-order valence-corrected chi connectivity index (χ3v) is 3.63. The number of hydrogen-bond donors (Lipinski definition) is 1. The molecule has 80 valence electrons. The highest BCUT2D eigenvalue weighted by Gasteiger charge is 2.27. The summed E-state index contributed by atoms with van der Waals surface area (Å²) in [7, 11) is 0. The molecule has 0 aromatic heterocycles. The van der Waals surface area contributed by atoms with Crippen molar-refractivity contribution >= 4 is 0 Å². The highest BCUT2D eigenvalue weighted by atomic mass is 16.5. The van der Waals surface area contributed by atoms with E-state index >= 15 is 0 Å². The van der Waals surface area contributed by atoms with Crippen LogP contribution in [0, 0.1) is 11.8 Å². The molecule has 14 heavy (non-hydrogen) atoms. The molecule has 1 heterocycles. The van der Waals surface area contributed by atoms with E-state index in [4.69, 9.17) is 10.5 Å². The lowest BCUT2D eigenvalue weighted by Gasteiger charge is -2.30. The summed E-state index contributed by atoms with van der Waals surface area (Å²) in [6, 6.07) is 0.171. The summed E-state index contributed by atoms with van der Waals surface area (Å²) in [6.07, 6.45) is 8.46. The molecule has 1 fully saturated rings. The highest BCUT2D eigenvalue weighted by molar-refractivity contribution is 5.08. The van der Waals surface area contributed by atoms with Crippen LogP contribution in [-0.4, -0.2) is 12.6 Å². The predicted octanol–water partition coefficient (Wildman–Crippen LogP) is 2.44. The van der Waals surface area contributed by atoms with Gasteiger partial charge in [-0.15, -0.1) is 0 Å². The Balaban J connectivity index is 1.88. The minimum Gasteiger partial charge on any atom is -0.496 e. The summed E-state index contributed by atoms with van der Waals surface area (Å²) in [5, 5.41) is 0. The largest absolute Gasteiger partial charge is 0.496 e. The van der Waals surface area contributed by atoms with Crippen LogP contribution in [0.3, 0.4) is 0 Å². The van der Waals surface area contributed by atoms with Gasteiger partial charge in [0.1, 0.15) is 5.76 Å². The van der Waals surface area contributed by atoms with Crippen LogP contribution in [0.4, 0.5) is 0 Å². The van der Waals surface area contributed by atoms with Crippen LogP contribution < -0.4 is 5.73 Å². The molecule has 1 aliphatic carbocycles. The van der Waals surface area contributed by atoms with Crippen LogP contribution in [-0.2, 0) is 4.74 Å². The maximum Gasteiger partial charge on any atom is 0.109 e. The van der Waals surface area contributed by atoms with Crippen LogP contribution in [0.25, 0.3) is 0 Å². The Bertz CT molecular complexity index is 216. The third kappa shape index (κ3) is 2.11. The fourth-order valence-corrected chi connectivity index (χ4v) is 2.55. The van der Waals surface area contributed by atoms with Gasteiger partial charge in [-0.1, -0.05) is 19.8 Å². The van der Waals surface area contributed by atoms with Crippen molar-refractivity contribution in [2.45, 2.75) is 45.1 Å². The smallest absolute Gasteiger partial charge is 0.109 e. The Labute approximate surface area is 86.5 Å². The SMILES string of the molecule is CC1CCC(C(N)C2=CCCO2)CC1. The minimum atomic E-state index is 0.171.